The quantitative estimate of drug-likeness (QED) is 0.711. The van der Waals surface area contributed by atoms with Gasteiger partial charge in [-0.1, -0.05) is 0 Å². The maximum atomic E-state index is 12.2. The molecule has 0 aliphatic carbocycles. The molecule has 0 unspecified atom stereocenters. The number of hydrogen-bond donors (Lipinski definition) is 0. The first kappa shape index (κ1) is 14.6. The maximum absolute atomic E-state index is 12.2. The van der Waals surface area contributed by atoms with Crippen LogP contribution < -0.4 is 0 Å². The summed E-state index contributed by atoms with van der Waals surface area (Å²) in [6, 6.07) is 1.78. The number of hydrogen-bond acceptors (Lipinski definition) is 7. The van der Waals surface area contributed by atoms with E-state index in [2.05, 4.69) is 20.3 Å². The number of carbonyl (C=O) groups is 1. The van der Waals surface area contributed by atoms with Crippen molar-refractivity contribution in [2.75, 3.05) is 13.1 Å². The zero-order valence-corrected chi connectivity index (χ0v) is 12.9. The summed E-state index contributed by atoms with van der Waals surface area (Å²) in [6.07, 6.45) is 7.71. The van der Waals surface area contributed by atoms with E-state index in [0.717, 1.165) is 18.4 Å². The molecule has 124 valence electrons. The van der Waals surface area contributed by atoms with E-state index in [9.17, 15) is 4.79 Å². The third-order valence-corrected chi connectivity index (χ3v) is 4.17. The zero-order chi connectivity index (χ0) is 16.4. The van der Waals surface area contributed by atoms with Crippen molar-refractivity contribution in [2.24, 2.45) is 0 Å². The van der Waals surface area contributed by atoms with Gasteiger partial charge in [-0.25, -0.2) is 9.67 Å². The second-order valence-electron chi connectivity index (χ2n) is 5.71. The van der Waals surface area contributed by atoms with E-state index in [0.29, 0.717) is 24.9 Å². The second kappa shape index (κ2) is 6.26. The Kier molecular flexibility index (Phi) is 3.81. The highest BCUT2D eigenvalue weighted by Gasteiger charge is 2.27. The van der Waals surface area contributed by atoms with Crippen molar-refractivity contribution in [1.29, 1.82) is 0 Å². The van der Waals surface area contributed by atoms with E-state index in [1.165, 1.54) is 11.0 Å². The van der Waals surface area contributed by atoms with Gasteiger partial charge in [0.15, 0.2) is 0 Å². The Labute approximate surface area is 137 Å². The van der Waals surface area contributed by atoms with Crippen LogP contribution in [0.1, 0.15) is 24.7 Å². The summed E-state index contributed by atoms with van der Waals surface area (Å²) in [4.78, 5) is 17.9. The summed E-state index contributed by atoms with van der Waals surface area (Å²) < 4.78 is 12.3. The molecule has 1 aliphatic heterocycles. The van der Waals surface area contributed by atoms with Gasteiger partial charge in [-0.05, 0) is 18.9 Å². The first-order chi connectivity index (χ1) is 11.8. The van der Waals surface area contributed by atoms with E-state index in [4.69, 9.17) is 8.83 Å². The highest BCUT2D eigenvalue weighted by molar-refractivity contribution is 5.76. The molecule has 0 bridgehead atoms. The number of furan rings is 1. The van der Waals surface area contributed by atoms with Gasteiger partial charge in [0, 0.05) is 19.0 Å². The Bertz CT molecular complexity index is 787. The van der Waals surface area contributed by atoms with Crippen molar-refractivity contribution in [3.05, 3.63) is 37.1 Å². The molecule has 0 aromatic carbocycles. The van der Waals surface area contributed by atoms with Crippen LogP contribution in [-0.4, -0.2) is 48.9 Å². The first-order valence-corrected chi connectivity index (χ1v) is 7.76. The lowest BCUT2D eigenvalue weighted by Gasteiger charge is -2.30. The number of nitrogens with zero attached hydrogens (tertiary/aromatic N) is 6. The summed E-state index contributed by atoms with van der Waals surface area (Å²) in [7, 11) is 0. The van der Waals surface area contributed by atoms with Crippen LogP contribution in [0.4, 0.5) is 0 Å². The van der Waals surface area contributed by atoms with E-state index in [-0.39, 0.29) is 18.4 Å². The molecule has 0 radical (unpaired) electrons. The summed E-state index contributed by atoms with van der Waals surface area (Å²) in [6.45, 7) is 1.55. The van der Waals surface area contributed by atoms with Gasteiger partial charge in [-0.2, -0.15) is 5.10 Å². The SMILES string of the molecule is O=C(Cn1cncn1)N1CCC(c2nnc(-c3ccoc3)o2)CC1. The largest absolute Gasteiger partial charge is 0.472 e. The predicted octanol–water partition coefficient (Wildman–Crippen LogP) is 1.33. The Morgan fingerprint density at radius 1 is 1.29 bits per heavy atom. The molecule has 0 spiro atoms. The van der Waals surface area contributed by atoms with Gasteiger partial charge in [-0.15, -0.1) is 10.2 Å². The molecule has 24 heavy (non-hydrogen) atoms. The fourth-order valence-electron chi connectivity index (χ4n) is 2.83. The highest BCUT2D eigenvalue weighted by Crippen LogP contribution is 2.29. The van der Waals surface area contributed by atoms with E-state index < -0.39 is 0 Å². The zero-order valence-electron chi connectivity index (χ0n) is 12.9. The smallest absolute Gasteiger partial charge is 0.250 e. The molecule has 1 aliphatic rings. The third kappa shape index (κ3) is 2.92. The molecule has 0 saturated carbocycles. The topological polar surface area (TPSA) is 103 Å². The van der Waals surface area contributed by atoms with Gasteiger partial charge in [0.2, 0.25) is 11.8 Å². The Hall–Kier alpha value is -2.97. The molecule has 9 heteroatoms. The number of amides is 1. The minimum absolute atomic E-state index is 0.0450. The predicted molar refractivity (Wildman–Crippen MR) is 80.6 cm³/mol. The number of carbonyl (C=O) groups excluding carboxylic acids is 1. The second-order valence-corrected chi connectivity index (χ2v) is 5.71. The lowest BCUT2D eigenvalue weighted by molar-refractivity contribution is -0.133. The van der Waals surface area contributed by atoms with Gasteiger partial charge in [0.1, 0.15) is 25.5 Å². The Morgan fingerprint density at radius 3 is 2.88 bits per heavy atom. The molecule has 3 aromatic heterocycles. The van der Waals surface area contributed by atoms with Crippen molar-refractivity contribution in [2.45, 2.75) is 25.3 Å². The Balaban J connectivity index is 1.35. The van der Waals surface area contributed by atoms with Gasteiger partial charge < -0.3 is 13.7 Å². The first-order valence-electron chi connectivity index (χ1n) is 7.76. The maximum Gasteiger partial charge on any atom is 0.250 e. The van der Waals surface area contributed by atoms with Crippen LogP contribution in [0.25, 0.3) is 11.5 Å². The van der Waals surface area contributed by atoms with Crippen molar-refractivity contribution in [1.82, 2.24) is 29.9 Å². The lowest BCUT2D eigenvalue weighted by atomic mass is 9.97. The highest BCUT2D eigenvalue weighted by atomic mass is 16.4. The molecule has 1 amide bonds. The molecule has 0 atom stereocenters. The van der Waals surface area contributed by atoms with Gasteiger partial charge >= 0.3 is 0 Å². The van der Waals surface area contributed by atoms with E-state index in [1.54, 1.807) is 24.9 Å². The summed E-state index contributed by atoms with van der Waals surface area (Å²) in [5, 5.41) is 12.2. The van der Waals surface area contributed by atoms with Crippen LogP contribution in [-0.2, 0) is 11.3 Å². The van der Waals surface area contributed by atoms with Crippen LogP contribution in [0.15, 0.2) is 40.1 Å². The van der Waals surface area contributed by atoms with E-state index in [1.807, 2.05) is 4.90 Å². The molecule has 4 rings (SSSR count). The van der Waals surface area contributed by atoms with Crippen LogP contribution in [0.3, 0.4) is 0 Å². The van der Waals surface area contributed by atoms with Crippen LogP contribution >= 0.6 is 0 Å². The molecular weight excluding hydrogens is 312 g/mol. The molecular formula is C15H16N6O3. The number of likely N-dealkylation sites (tertiary alicyclic amines) is 1. The molecule has 1 saturated heterocycles. The average Bonchev–Trinajstić information content (AvgIpc) is 3.36. The van der Waals surface area contributed by atoms with Crippen LogP contribution in [0, 0.1) is 0 Å². The number of aromatic nitrogens is 5. The monoisotopic (exact) mass is 328 g/mol. The molecule has 4 heterocycles. The number of piperidine rings is 1. The van der Waals surface area contributed by atoms with Crippen molar-refractivity contribution in [3.63, 3.8) is 0 Å². The normalized spacial score (nSPS) is 15.8. The standard InChI is InChI=1S/C15H16N6O3/c22-13(7-21-10-16-9-17-21)20-4-1-11(2-5-20)14-18-19-15(24-14)12-3-6-23-8-12/h3,6,8-11H,1-2,4-5,7H2. The van der Waals surface area contributed by atoms with Crippen LogP contribution in [0.2, 0.25) is 0 Å². The van der Waals surface area contributed by atoms with Gasteiger partial charge in [-0.3, -0.25) is 4.79 Å². The third-order valence-electron chi connectivity index (χ3n) is 4.17. The Morgan fingerprint density at radius 2 is 2.17 bits per heavy atom. The fraction of sp³-hybridized carbons (Fsp3) is 0.400. The molecule has 1 fully saturated rings. The van der Waals surface area contributed by atoms with E-state index >= 15 is 0 Å². The van der Waals surface area contributed by atoms with Gasteiger partial charge in [0.25, 0.3) is 5.89 Å². The summed E-state index contributed by atoms with van der Waals surface area (Å²) >= 11 is 0. The summed E-state index contributed by atoms with van der Waals surface area (Å²) in [5.74, 6) is 1.30. The molecule has 0 N–H and O–H groups in total. The summed E-state index contributed by atoms with van der Waals surface area (Å²) in [5.41, 5.74) is 0.772. The van der Waals surface area contributed by atoms with Crippen molar-refractivity contribution >= 4 is 5.91 Å². The lowest BCUT2D eigenvalue weighted by Crippen LogP contribution is -2.39. The average molecular weight is 328 g/mol. The fourth-order valence-corrected chi connectivity index (χ4v) is 2.83. The van der Waals surface area contributed by atoms with Gasteiger partial charge in [0.05, 0.1) is 11.8 Å². The van der Waals surface area contributed by atoms with Crippen LogP contribution in [0.5, 0.6) is 0 Å². The van der Waals surface area contributed by atoms with Crippen molar-refractivity contribution < 1.29 is 13.6 Å². The molecule has 9 nitrogen and oxygen atoms in total. The van der Waals surface area contributed by atoms with Crippen molar-refractivity contribution in [3.8, 4) is 11.5 Å². The minimum atomic E-state index is 0.0450. The minimum Gasteiger partial charge on any atom is -0.472 e. The molecule has 3 aromatic rings. The number of rotatable bonds is 4.